The fraction of sp³-hybridized carbons (Fsp3) is 0.833. The van der Waals surface area contributed by atoms with Crippen molar-refractivity contribution in [3.8, 4) is 0 Å². The summed E-state index contributed by atoms with van der Waals surface area (Å²) in [5.41, 5.74) is 0. The number of rotatable bonds is 1. The molecule has 0 unspecified atom stereocenters. The summed E-state index contributed by atoms with van der Waals surface area (Å²) in [6.07, 6.45) is 2.02. The standard InChI is InChI=1S/C6H10FNO2/c7-8-4-2-1-3-5(8)6(9)10/h5H,1-4H2,(H,9,10)/t5-/m0/s1. The molecule has 0 bridgehead atoms. The zero-order chi connectivity index (χ0) is 7.56. The van der Waals surface area contributed by atoms with Crippen LogP contribution in [0.25, 0.3) is 0 Å². The number of halogens is 1. The Labute approximate surface area is 58.4 Å². The van der Waals surface area contributed by atoms with E-state index in [1.165, 1.54) is 0 Å². The van der Waals surface area contributed by atoms with Gasteiger partial charge < -0.3 is 5.11 Å². The van der Waals surface area contributed by atoms with Gasteiger partial charge in [-0.3, -0.25) is 4.79 Å². The molecule has 1 aliphatic rings. The first-order chi connectivity index (χ1) is 4.72. The van der Waals surface area contributed by atoms with Gasteiger partial charge in [-0.15, -0.1) is 9.60 Å². The number of hydrogen-bond acceptors (Lipinski definition) is 2. The summed E-state index contributed by atoms with van der Waals surface area (Å²) in [6, 6.07) is -0.895. The van der Waals surface area contributed by atoms with Crippen LogP contribution in [0.4, 0.5) is 4.48 Å². The van der Waals surface area contributed by atoms with E-state index >= 15 is 0 Å². The third-order valence-corrected chi connectivity index (χ3v) is 1.72. The Morgan fingerprint density at radius 3 is 2.70 bits per heavy atom. The maximum absolute atomic E-state index is 12.6. The minimum Gasteiger partial charge on any atom is -0.480 e. The van der Waals surface area contributed by atoms with Crippen molar-refractivity contribution in [2.45, 2.75) is 25.3 Å². The number of piperidine rings is 1. The zero-order valence-corrected chi connectivity index (χ0v) is 5.59. The van der Waals surface area contributed by atoms with Crippen molar-refractivity contribution in [2.24, 2.45) is 0 Å². The molecule has 0 radical (unpaired) electrons. The topological polar surface area (TPSA) is 40.5 Å². The number of carboxylic acid groups (broad SMARTS) is 1. The first-order valence-corrected chi connectivity index (χ1v) is 3.37. The summed E-state index contributed by atoms with van der Waals surface area (Å²) in [5.74, 6) is -1.05. The molecule has 0 spiro atoms. The Hall–Kier alpha value is -0.640. The molecule has 0 aliphatic carbocycles. The Kier molecular flexibility index (Phi) is 2.21. The summed E-state index contributed by atoms with van der Waals surface area (Å²) >= 11 is 0. The average Bonchev–Trinajstić information content (AvgIpc) is 1.88. The van der Waals surface area contributed by atoms with Crippen LogP contribution in [0, 0.1) is 0 Å². The van der Waals surface area contributed by atoms with Crippen LogP contribution in [0.5, 0.6) is 0 Å². The first-order valence-electron chi connectivity index (χ1n) is 3.37. The fourth-order valence-corrected chi connectivity index (χ4v) is 1.14. The maximum Gasteiger partial charge on any atom is 0.323 e. The van der Waals surface area contributed by atoms with Gasteiger partial charge in [0, 0.05) is 6.54 Å². The van der Waals surface area contributed by atoms with Gasteiger partial charge in [0.05, 0.1) is 0 Å². The van der Waals surface area contributed by atoms with Crippen LogP contribution >= 0.6 is 0 Å². The molecule has 0 aromatic carbocycles. The lowest BCUT2D eigenvalue weighted by Crippen LogP contribution is -2.39. The molecule has 1 saturated heterocycles. The smallest absolute Gasteiger partial charge is 0.323 e. The average molecular weight is 147 g/mol. The van der Waals surface area contributed by atoms with Gasteiger partial charge in [-0.1, -0.05) is 0 Å². The van der Waals surface area contributed by atoms with Gasteiger partial charge in [0.15, 0.2) is 0 Å². The van der Waals surface area contributed by atoms with E-state index in [4.69, 9.17) is 5.11 Å². The minimum absolute atomic E-state index is 0.261. The van der Waals surface area contributed by atoms with E-state index in [0.29, 0.717) is 11.5 Å². The van der Waals surface area contributed by atoms with Gasteiger partial charge in [-0.05, 0) is 19.3 Å². The molecule has 1 N–H and O–H groups in total. The van der Waals surface area contributed by atoms with Crippen LogP contribution in [-0.2, 0) is 4.79 Å². The molecular formula is C6H10FNO2. The van der Waals surface area contributed by atoms with Crippen molar-refractivity contribution < 1.29 is 14.4 Å². The highest BCUT2D eigenvalue weighted by atomic mass is 19.2. The third-order valence-electron chi connectivity index (χ3n) is 1.72. The van der Waals surface area contributed by atoms with E-state index in [1.807, 2.05) is 0 Å². The van der Waals surface area contributed by atoms with Crippen LogP contribution in [0.2, 0.25) is 0 Å². The quantitative estimate of drug-likeness (QED) is 0.558. The second-order valence-electron chi connectivity index (χ2n) is 2.47. The van der Waals surface area contributed by atoms with Gasteiger partial charge in [0.25, 0.3) is 0 Å². The molecule has 0 aromatic rings. The number of carboxylic acids is 1. The highest BCUT2D eigenvalue weighted by Gasteiger charge is 2.28. The minimum atomic E-state index is -1.05. The SMILES string of the molecule is O=C(O)[C@@H]1CCCCN1F. The van der Waals surface area contributed by atoms with Gasteiger partial charge in [0.2, 0.25) is 0 Å². The van der Waals surface area contributed by atoms with Gasteiger partial charge >= 0.3 is 5.97 Å². The molecule has 0 saturated carbocycles. The number of carbonyl (C=O) groups is 1. The summed E-state index contributed by atoms with van der Waals surface area (Å²) < 4.78 is 12.6. The molecule has 1 fully saturated rings. The van der Waals surface area contributed by atoms with Crippen LogP contribution in [0.1, 0.15) is 19.3 Å². The van der Waals surface area contributed by atoms with Crippen molar-refractivity contribution in [2.75, 3.05) is 6.54 Å². The third kappa shape index (κ3) is 1.44. The van der Waals surface area contributed by atoms with Crippen LogP contribution < -0.4 is 0 Å². The summed E-state index contributed by atoms with van der Waals surface area (Å²) in [7, 11) is 0. The largest absolute Gasteiger partial charge is 0.480 e. The Bertz CT molecular complexity index is 140. The molecule has 0 aromatic heterocycles. The Morgan fingerprint density at radius 1 is 1.60 bits per heavy atom. The molecule has 1 rings (SSSR count). The van der Waals surface area contributed by atoms with Gasteiger partial charge in [0.1, 0.15) is 6.04 Å². The van der Waals surface area contributed by atoms with E-state index in [1.54, 1.807) is 0 Å². The molecule has 1 aliphatic heterocycles. The second kappa shape index (κ2) is 2.96. The summed E-state index contributed by atoms with van der Waals surface area (Å²) in [4.78, 5) is 10.3. The lowest BCUT2D eigenvalue weighted by atomic mass is 10.1. The predicted octanol–water partition coefficient (Wildman–Crippen LogP) is 0.810. The molecule has 3 nitrogen and oxygen atoms in total. The fourth-order valence-electron chi connectivity index (χ4n) is 1.14. The normalized spacial score (nSPS) is 28.3. The van der Waals surface area contributed by atoms with Crippen LogP contribution in [0.15, 0.2) is 0 Å². The number of aliphatic carboxylic acids is 1. The predicted molar refractivity (Wildman–Crippen MR) is 33.1 cm³/mol. The van der Waals surface area contributed by atoms with E-state index in [9.17, 15) is 9.28 Å². The number of hydrogen-bond donors (Lipinski definition) is 1. The molecule has 4 heteroatoms. The summed E-state index contributed by atoms with van der Waals surface area (Å²) in [6.45, 7) is 0.261. The van der Waals surface area contributed by atoms with Gasteiger partial charge in [-0.25, -0.2) is 0 Å². The first kappa shape index (κ1) is 7.47. The van der Waals surface area contributed by atoms with E-state index in [0.717, 1.165) is 12.8 Å². The monoisotopic (exact) mass is 147 g/mol. The molecule has 10 heavy (non-hydrogen) atoms. The van der Waals surface area contributed by atoms with Crippen molar-refractivity contribution >= 4 is 5.97 Å². The van der Waals surface area contributed by atoms with E-state index < -0.39 is 12.0 Å². The van der Waals surface area contributed by atoms with Crippen LogP contribution in [0.3, 0.4) is 0 Å². The molecule has 58 valence electrons. The molecular weight excluding hydrogens is 137 g/mol. The van der Waals surface area contributed by atoms with Crippen molar-refractivity contribution in [3.63, 3.8) is 0 Å². The van der Waals surface area contributed by atoms with Crippen molar-refractivity contribution in [3.05, 3.63) is 0 Å². The molecule has 0 amide bonds. The maximum atomic E-state index is 12.6. The second-order valence-corrected chi connectivity index (χ2v) is 2.47. The lowest BCUT2D eigenvalue weighted by molar-refractivity contribution is -0.154. The van der Waals surface area contributed by atoms with Gasteiger partial charge in [-0.2, -0.15) is 0 Å². The lowest BCUT2D eigenvalue weighted by Gasteiger charge is -2.24. The molecule has 1 heterocycles. The van der Waals surface area contributed by atoms with Crippen LogP contribution in [-0.4, -0.2) is 28.8 Å². The molecule has 1 atom stereocenters. The Morgan fingerprint density at radius 2 is 2.30 bits per heavy atom. The zero-order valence-electron chi connectivity index (χ0n) is 5.59. The summed E-state index contributed by atoms with van der Waals surface area (Å²) in [5, 5.41) is 8.84. The van der Waals surface area contributed by atoms with E-state index in [2.05, 4.69) is 0 Å². The highest BCUT2D eigenvalue weighted by molar-refractivity contribution is 5.73. The van der Waals surface area contributed by atoms with Crippen molar-refractivity contribution in [1.29, 1.82) is 0 Å². The number of nitrogens with zero attached hydrogens (tertiary/aromatic N) is 1. The van der Waals surface area contributed by atoms with E-state index in [-0.39, 0.29) is 6.54 Å². The van der Waals surface area contributed by atoms with Crippen molar-refractivity contribution in [1.82, 2.24) is 5.12 Å². The highest BCUT2D eigenvalue weighted by Crippen LogP contribution is 2.16. The Balaban J connectivity index is 2.47.